The fourth-order valence-corrected chi connectivity index (χ4v) is 8.05. The van der Waals surface area contributed by atoms with E-state index in [2.05, 4.69) is 15.4 Å². The predicted molar refractivity (Wildman–Crippen MR) is 137 cm³/mol. The Kier molecular flexibility index (Phi) is 6.78. The van der Waals surface area contributed by atoms with E-state index in [4.69, 9.17) is 4.74 Å². The van der Waals surface area contributed by atoms with Gasteiger partial charge in [0.2, 0.25) is 10.0 Å². The van der Waals surface area contributed by atoms with Crippen molar-refractivity contribution in [2.24, 2.45) is 13.0 Å². The predicted octanol–water partition coefficient (Wildman–Crippen LogP) is 0.841. The second-order valence-corrected chi connectivity index (χ2v) is 12.9. The molecule has 5 rings (SSSR count). The van der Waals surface area contributed by atoms with Crippen LogP contribution in [-0.4, -0.2) is 79.2 Å². The van der Waals surface area contributed by atoms with Crippen molar-refractivity contribution < 1.29 is 31.9 Å². The lowest BCUT2D eigenvalue weighted by Gasteiger charge is -2.38. The fraction of sp³-hybridized carbons (Fsp3) is 0.458. The van der Waals surface area contributed by atoms with Crippen molar-refractivity contribution in [3.63, 3.8) is 0 Å². The maximum atomic E-state index is 13.6. The molecule has 11 nitrogen and oxygen atoms in total. The number of hydrogen-bond donors (Lipinski definition) is 3. The van der Waals surface area contributed by atoms with Crippen molar-refractivity contribution in [2.75, 3.05) is 37.4 Å². The molecule has 14 heteroatoms. The fourth-order valence-electron chi connectivity index (χ4n) is 4.83. The van der Waals surface area contributed by atoms with Gasteiger partial charge in [-0.3, -0.25) is 14.4 Å². The van der Waals surface area contributed by atoms with Gasteiger partial charge in [0, 0.05) is 49.7 Å². The first kappa shape index (κ1) is 26.7. The molecule has 2 saturated heterocycles. The summed E-state index contributed by atoms with van der Waals surface area (Å²) in [5, 5.41) is 5.40. The number of amides is 3. The first-order valence-corrected chi connectivity index (χ1v) is 14.4. The summed E-state index contributed by atoms with van der Waals surface area (Å²) in [6, 6.07) is 3.59. The van der Waals surface area contributed by atoms with Gasteiger partial charge in [0.05, 0.1) is 23.6 Å². The second-order valence-electron chi connectivity index (χ2n) is 10.2. The number of fused-ring (bicyclic) bond motifs is 2. The monoisotopic (exact) mass is 565 g/mol. The van der Waals surface area contributed by atoms with Crippen LogP contribution < -0.4 is 15.4 Å². The van der Waals surface area contributed by atoms with Crippen LogP contribution in [0.4, 0.5) is 10.1 Å². The molecule has 1 aromatic carbocycles. The van der Waals surface area contributed by atoms with Gasteiger partial charge in [0.1, 0.15) is 16.4 Å². The number of nitrogens with zero attached hydrogens (tertiary/aromatic N) is 2. The number of benzene rings is 1. The number of likely N-dealkylation sites (tertiary alicyclic amines) is 1. The summed E-state index contributed by atoms with van der Waals surface area (Å²) in [6.45, 7) is 4.26. The highest BCUT2D eigenvalue weighted by Crippen LogP contribution is 2.38. The molecule has 0 bridgehead atoms. The molecule has 0 aliphatic carbocycles. The number of ether oxygens (including phenoxy) is 1. The summed E-state index contributed by atoms with van der Waals surface area (Å²) < 4.78 is 49.6. The summed E-state index contributed by atoms with van der Waals surface area (Å²) in [7, 11) is -2.46. The zero-order valence-electron chi connectivity index (χ0n) is 21.0. The van der Waals surface area contributed by atoms with Crippen molar-refractivity contribution in [3.05, 3.63) is 41.5 Å². The van der Waals surface area contributed by atoms with Crippen molar-refractivity contribution in [3.8, 4) is 0 Å². The van der Waals surface area contributed by atoms with Gasteiger partial charge in [0.15, 0.2) is 0 Å². The number of thioether (sulfide) groups is 1. The summed E-state index contributed by atoms with van der Waals surface area (Å²) >= 11 is 1.22. The molecule has 204 valence electrons. The standard InChI is InChI=1S/C24H28FN5O6S2/c1-13-6-15(4-5-16(13)25)26-21(31)19-20-18(9-29(19)3)38(34,35)28-17-8-30(7-14(17)10-37-20)23(33)22(32)27-24(2)11-36-12-24/h4-6,9,14,17,28H,7-8,10-12H2,1-3H3,(H,26,31)(H,27,32)/t14-,17-/m0/s1. The number of hydrogen-bond acceptors (Lipinski definition) is 7. The molecule has 2 atom stereocenters. The van der Waals surface area contributed by atoms with E-state index in [-0.39, 0.29) is 34.5 Å². The van der Waals surface area contributed by atoms with Gasteiger partial charge in [-0.05, 0) is 37.6 Å². The lowest BCUT2D eigenvalue weighted by atomic mass is 10.0. The van der Waals surface area contributed by atoms with Crippen molar-refractivity contribution in [1.82, 2.24) is 19.5 Å². The first-order valence-electron chi connectivity index (χ1n) is 12.0. The third-order valence-corrected chi connectivity index (χ3v) is 9.88. The molecule has 0 saturated carbocycles. The lowest BCUT2D eigenvalue weighted by molar-refractivity contribution is -0.150. The van der Waals surface area contributed by atoms with Crippen LogP contribution in [0, 0.1) is 18.7 Å². The van der Waals surface area contributed by atoms with Crippen LogP contribution in [-0.2, 0) is 31.4 Å². The number of carbonyl (C=O) groups excluding carboxylic acids is 3. The number of aryl methyl sites for hydroxylation is 2. The number of halogens is 1. The second kappa shape index (κ2) is 9.67. The number of anilines is 1. The molecule has 0 unspecified atom stereocenters. The summed E-state index contributed by atoms with van der Waals surface area (Å²) in [5.74, 6) is -2.27. The largest absolute Gasteiger partial charge is 0.376 e. The lowest BCUT2D eigenvalue weighted by Crippen LogP contribution is -2.62. The highest BCUT2D eigenvalue weighted by atomic mass is 32.2. The van der Waals surface area contributed by atoms with Crippen molar-refractivity contribution >= 4 is 45.2 Å². The Morgan fingerprint density at radius 3 is 2.63 bits per heavy atom. The molecule has 2 fully saturated rings. The Bertz CT molecular complexity index is 1440. The van der Waals surface area contributed by atoms with Gasteiger partial charge >= 0.3 is 11.8 Å². The van der Waals surface area contributed by atoms with Crippen LogP contribution in [0.1, 0.15) is 23.0 Å². The normalized spacial score (nSPS) is 23.3. The van der Waals surface area contributed by atoms with Gasteiger partial charge in [-0.2, -0.15) is 0 Å². The van der Waals surface area contributed by atoms with Crippen molar-refractivity contribution in [1.29, 1.82) is 0 Å². The van der Waals surface area contributed by atoms with Crippen LogP contribution in [0.5, 0.6) is 0 Å². The molecule has 3 amide bonds. The van der Waals surface area contributed by atoms with Crippen LogP contribution in [0.2, 0.25) is 0 Å². The van der Waals surface area contributed by atoms with E-state index in [9.17, 15) is 27.2 Å². The van der Waals surface area contributed by atoms with E-state index in [1.807, 2.05) is 0 Å². The Morgan fingerprint density at radius 2 is 1.97 bits per heavy atom. The molecule has 3 N–H and O–H groups in total. The number of sulfonamides is 1. The molecule has 4 heterocycles. The zero-order valence-corrected chi connectivity index (χ0v) is 22.7. The Hall–Kier alpha value is -2.94. The van der Waals surface area contributed by atoms with Crippen LogP contribution in [0.3, 0.4) is 0 Å². The van der Waals surface area contributed by atoms with E-state index >= 15 is 0 Å². The first-order chi connectivity index (χ1) is 17.9. The quantitative estimate of drug-likeness (QED) is 0.469. The van der Waals surface area contributed by atoms with E-state index in [1.54, 1.807) is 20.9 Å². The zero-order chi connectivity index (χ0) is 27.4. The molecule has 2 aromatic rings. The van der Waals surface area contributed by atoms with Crippen LogP contribution >= 0.6 is 11.8 Å². The Labute approximate surface area is 223 Å². The number of aromatic nitrogens is 1. The van der Waals surface area contributed by atoms with E-state index in [0.717, 1.165) is 0 Å². The Morgan fingerprint density at radius 1 is 1.24 bits per heavy atom. The van der Waals surface area contributed by atoms with Crippen LogP contribution in [0.25, 0.3) is 0 Å². The summed E-state index contributed by atoms with van der Waals surface area (Å²) in [6.07, 6.45) is 1.38. The van der Waals surface area contributed by atoms with Crippen molar-refractivity contribution in [2.45, 2.75) is 35.2 Å². The van der Waals surface area contributed by atoms with E-state index in [1.165, 1.54) is 45.6 Å². The number of rotatable bonds is 3. The molecule has 1 aromatic heterocycles. The minimum atomic E-state index is -4.05. The van der Waals surface area contributed by atoms with Gasteiger partial charge in [-0.1, -0.05) is 0 Å². The average Bonchev–Trinajstić information content (AvgIpc) is 3.37. The Balaban J connectivity index is 1.35. The topological polar surface area (TPSA) is 139 Å². The third kappa shape index (κ3) is 4.93. The minimum Gasteiger partial charge on any atom is -0.376 e. The number of nitrogens with one attached hydrogen (secondary N) is 3. The highest BCUT2D eigenvalue weighted by Gasteiger charge is 2.44. The maximum absolute atomic E-state index is 13.6. The molecular weight excluding hydrogens is 537 g/mol. The van der Waals surface area contributed by atoms with Crippen LogP contribution in [0.15, 0.2) is 34.2 Å². The van der Waals surface area contributed by atoms with E-state index in [0.29, 0.717) is 30.2 Å². The highest BCUT2D eigenvalue weighted by molar-refractivity contribution is 8.00. The molecule has 38 heavy (non-hydrogen) atoms. The maximum Gasteiger partial charge on any atom is 0.311 e. The smallest absolute Gasteiger partial charge is 0.311 e. The SMILES string of the molecule is Cc1cc(NC(=O)c2c3c(cn2C)S(=O)(=O)N[C@H]2CN(C(=O)C(=O)NC4(C)COC4)C[C@H]2CS3)ccc1F. The van der Waals surface area contributed by atoms with Gasteiger partial charge < -0.3 is 24.8 Å². The van der Waals surface area contributed by atoms with Gasteiger partial charge in [0.25, 0.3) is 5.91 Å². The average molecular weight is 566 g/mol. The number of carbonyl (C=O) groups is 3. The summed E-state index contributed by atoms with van der Waals surface area (Å²) in [4.78, 5) is 40.2. The molecule has 0 spiro atoms. The third-order valence-electron chi connectivity index (χ3n) is 6.95. The molecular formula is C24H28FN5O6S2. The molecule has 3 aliphatic rings. The van der Waals surface area contributed by atoms with Gasteiger partial charge in [-0.25, -0.2) is 17.5 Å². The van der Waals surface area contributed by atoms with E-state index < -0.39 is 45.1 Å². The molecule has 0 radical (unpaired) electrons. The summed E-state index contributed by atoms with van der Waals surface area (Å²) in [5.41, 5.74) is 0.308. The molecule has 3 aliphatic heterocycles. The minimum absolute atomic E-state index is 0.0377. The van der Waals surface area contributed by atoms with Gasteiger partial charge in [-0.15, -0.1) is 11.8 Å².